The van der Waals surface area contributed by atoms with Crippen LogP contribution in [0.3, 0.4) is 0 Å². The predicted molar refractivity (Wildman–Crippen MR) is 70.2 cm³/mol. The van der Waals surface area contributed by atoms with Crippen molar-refractivity contribution in [3.05, 3.63) is 17.9 Å². The number of carboxylic acids is 1. The zero-order chi connectivity index (χ0) is 15.6. The highest BCUT2D eigenvalue weighted by Crippen LogP contribution is 2.16. The summed E-state index contributed by atoms with van der Waals surface area (Å²) < 4.78 is 27.4. The van der Waals surface area contributed by atoms with Crippen LogP contribution in [-0.4, -0.2) is 37.2 Å². The fraction of sp³-hybridized carbons (Fsp3) is 0.500. The van der Waals surface area contributed by atoms with Crippen molar-refractivity contribution in [2.45, 2.75) is 37.3 Å². The molecule has 0 aliphatic carbocycles. The fourth-order valence-electron chi connectivity index (χ4n) is 1.49. The van der Waals surface area contributed by atoms with Crippen LogP contribution in [-0.2, 0) is 14.6 Å². The molecule has 7 nitrogen and oxygen atoms in total. The predicted octanol–water partition coefficient (Wildman–Crippen LogP) is 1.06. The summed E-state index contributed by atoms with van der Waals surface area (Å²) in [5.74, 6) is -1.67. The highest BCUT2D eigenvalue weighted by atomic mass is 32.2. The van der Waals surface area contributed by atoms with Crippen molar-refractivity contribution in [2.24, 2.45) is 0 Å². The molecule has 0 aromatic carbocycles. The molecule has 20 heavy (non-hydrogen) atoms. The topological polar surface area (TPSA) is 114 Å². The second-order valence-corrected chi connectivity index (χ2v) is 7.07. The Hall–Kier alpha value is -1.83. The van der Waals surface area contributed by atoms with E-state index in [2.05, 4.69) is 5.32 Å². The third-order valence-electron chi connectivity index (χ3n) is 2.59. The molecule has 1 rings (SSSR count). The van der Waals surface area contributed by atoms with Crippen molar-refractivity contribution in [2.75, 3.05) is 6.26 Å². The first-order chi connectivity index (χ1) is 9.01. The van der Waals surface area contributed by atoms with Crippen molar-refractivity contribution in [1.29, 1.82) is 0 Å². The molecule has 0 spiro atoms. The second-order valence-electron chi connectivity index (χ2n) is 5.12. The molecular weight excluding hydrogens is 286 g/mol. The Balaban J connectivity index is 2.76. The van der Waals surface area contributed by atoms with Crippen LogP contribution < -0.4 is 5.32 Å². The van der Waals surface area contributed by atoms with Gasteiger partial charge in [0.15, 0.2) is 5.76 Å². The summed E-state index contributed by atoms with van der Waals surface area (Å²) in [4.78, 5) is 22.4. The lowest BCUT2D eigenvalue weighted by Gasteiger charge is -2.24. The standard InChI is InChI=1S/C12H17NO6S/c1-12(2,7-6-9(14)15)13-11(16)8-4-5-10(19-8)20(3,17)18/h4-5H,6-7H2,1-3H3,(H,13,16)(H,14,15). The smallest absolute Gasteiger partial charge is 0.303 e. The highest BCUT2D eigenvalue weighted by Gasteiger charge is 2.24. The summed E-state index contributed by atoms with van der Waals surface area (Å²) >= 11 is 0. The summed E-state index contributed by atoms with van der Waals surface area (Å²) in [6, 6.07) is 2.47. The van der Waals surface area contributed by atoms with Crippen molar-refractivity contribution in [3.8, 4) is 0 Å². The fourth-order valence-corrected chi connectivity index (χ4v) is 2.05. The monoisotopic (exact) mass is 303 g/mol. The van der Waals surface area contributed by atoms with Crippen LogP contribution in [0.25, 0.3) is 0 Å². The van der Waals surface area contributed by atoms with Crippen molar-refractivity contribution in [3.63, 3.8) is 0 Å². The molecule has 1 amide bonds. The van der Waals surface area contributed by atoms with Crippen LogP contribution in [0, 0.1) is 0 Å². The minimum atomic E-state index is -3.51. The largest absolute Gasteiger partial charge is 0.481 e. The van der Waals surface area contributed by atoms with Crippen molar-refractivity contribution in [1.82, 2.24) is 5.32 Å². The van der Waals surface area contributed by atoms with Crippen LogP contribution in [0.1, 0.15) is 37.2 Å². The van der Waals surface area contributed by atoms with E-state index in [1.54, 1.807) is 13.8 Å². The summed E-state index contributed by atoms with van der Waals surface area (Å²) in [6.45, 7) is 3.35. The van der Waals surface area contributed by atoms with Crippen LogP contribution >= 0.6 is 0 Å². The van der Waals surface area contributed by atoms with Gasteiger partial charge >= 0.3 is 5.97 Å². The average molecular weight is 303 g/mol. The molecule has 0 aliphatic heterocycles. The Bertz CT molecular complexity index is 614. The van der Waals surface area contributed by atoms with E-state index in [0.29, 0.717) is 0 Å². The van der Waals surface area contributed by atoms with E-state index in [4.69, 9.17) is 9.52 Å². The molecule has 2 N–H and O–H groups in total. The van der Waals surface area contributed by atoms with Crippen LogP contribution in [0.5, 0.6) is 0 Å². The van der Waals surface area contributed by atoms with Gasteiger partial charge < -0.3 is 14.8 Å². The SMILES string of the molecule is CC(C)(CCC(=O)O)NC(=O)c1ccc(S(C)(=O)=O)o1. The van der Waals surface area contributed by atoms with E-state index in [-0.39, 0.29) is 23.7 Å². The van der Waals surface area contributed by atoms with Gasteiger partial charge in [0.1, 0.15) is 0 Å². The molecule has 0 fully saturated rings. The van der Waals surface area contributed by atoms with Crippen LogP contribution in [0.15, 0.2) is 21.6 Å². The number of aliphatic carboxylic acids is 1. The Morgan fingerprint density at radius 3 is 2.40 bits per heavy atom. The molecule has 0 unspecified atom stereocenters. The number of rotatable bonds is 6. The van der Waals surface area contributed by atoms with Crippen LogP contribution in [0.4, 0.5) is 0 Å². The third kappa shape index (κ3) is 4.69. The molecule has 0 saturated heterocycles. The van der Waals surface area contributed by atoms with Gasteiger partial charge in [-0.25, -0.2) is 8.42 Å². The van der Waals surface area contributed by atoms with Gasteiger partial charge in [0.05, 0.1) is 0 Å². The summed E-state index contributed by atoms with van der Waals surface area (Å²) in [7, 11) is -3.51. The summed E-state index contributed by atoms with van der Waals surface area (Å²) in [5, 5.41) is 10.9. The summed E-state index contributed by atoms with van der Waals surface area (Å²) in [5.41, 5.74) is -0.743. The van der Waals surface area contributed by atoms with Crippen LogP contribution in [0.2, 0.25) is 0 Å². The molecule has 0 aliphatic rings. The molecular formula is C12H17NO6S. The second kappa shape index (κ2) is 5.66. The number of nitrogens with one attached hydrogen (secondary N) is 1. The Kier molecular flexibility index (Phi) is 4.59. The molecule has 1 aromatic rings. The molecule has 1 aromatic heterocycles. The zero-order valence-electron chi connectivity index (χ0n) is 11.5. The maximum Gasteiger partial charge on any atom is 0.303 e. The first kappa shape index (κ1) is 16.2. The Morgan fingerprint density at radius 1 is 1.35 bits per heavy atom. The molecule has 0 atom stereocenters. The average Bonchev–Trinajstić information content (AvgIpc) is 2.74. The van der Waals surface area contributed by atoms with Gasteiger partial charge in [-0.1, -0.05) is 0 Å². The van der Waals surface area contributed by atoms with Crippen molar-refractivity contribution < 1.29 is 27.5 Å². The van der Waals surface area contributed by atoms with E-state index in [1.165, 1.54) is 12.1 Å². The van der Waals surface area contributed by atoms with Gasteiger partial charge in [-0.15, -0.1) is 0 Å². The minimum Gasteiger partial charge on any atom is -0.481 e. The number of amides is 1. The number of carbonyl (C=O) groups excluding carboxylic acids is 1. The lowest BCUT2D eigenvalue weighted by molar-refractivity contribution is -0.137. The first-order valence-electron chi connectivity index (χ1n) is 5.85. The Labute approximate surface area is 116 Å². The number of hydrogen-bond donors (Lipinski definition) is 2. The summed E-state index contributed by atoms with van der Waals surface area (Å²) in [6.07, 6.45) is 1.14. The van der Waals surface area contributed by atoms with Gasteiger partial charge in [0.2, 0.25) is 14.9 Å². The number of hydrogen-bond acceptors (Lipinski definition) is 5. The van der Waals surface area contributed by atoms with E-state index >= 15 is 0 Å². The quantitative estimate of drug-likeness (QED) is 0.812. The van der Waals surface area contributed by atoms with E-state index < -0.39 is 27.3 Å². The van der Waals surface area contributed by atoms with Gasteiger partial charge in [0, 0.05) is 18.2 Å². The molecule has 112 valence electrons. The van der Waals surface area contributed by atoms with E-state index in [0.717, 1.165) is 6.26 Å². The number of carboxylic acid groups (broad SMARTS) is 1. The maximum absolute atomic E-state index is 11.9. The van der Waals surface area contributed by atoms with Gasteiger partial charge in [-0.05, 0) is 32.4 Å². The minimum absolute atomic E-state index is 0.0833. The third-order valence-corrected chi connectivity index (χ3v) is 3.54. The lowest BCUT2D eigenvalue weighted by atomic mass is 9.98. The Morgan fingerprint density at radius 2 is 1.95 bits per heavy atom. The number of furan rings is 1. The normalized spacial score (nSPS) is 12.2. The van der Waals surface area contributed by atoms with E-state index in [1.807, 2.05) is 0 Å². The maximum atomic E-state index is 11.9. The zero-order valence-corrected chi connectivity index (χ0v) is 12.3. The molecule has 0 saturated carbocycles. The molecule has 8 heteroatoms. The number of sulfone groups is 1. The molecule has 0 radical (unpaired) electrons. The first-order valence-corrected chi connectivity index (χ1v) is 7.75. The van der Waals surface area contributed by atoms with Gasteiger partial charge in [-0.2, -0.15) is 0 Å². The van der Waals surface area contributed by atoms with E-state index in [9.17, 15) is 18.0 Å². The molecule has 1 heterocycles. The number of carbonyl (C=O) groups is 2. The van der Waals surface area contributed by atoms with Gasteiger partial charge in [-0.3, -0.25) is 9.59 Å². The van der Waals surface area contributed by atoms with Crippen molar-refractivity contribution >= 4 is 21.7 Å². The molecule has 0 bridgehead atoms. The van der Waals surface area contributed by atoms with Gasteiger partial charge in [0.25, 0.3) is 5.91 Å². The lowest BCUT2D eigenvalue weighted by Crippen LogP contribution is -2.43. The highest BCUT2D eigenvalue weighted by molar-refractivity contribution is 7.90.